The van der Waals surface area contributed by atoms with Crippen molar-refractivity contribution in [2.45, 2.75) is 51.4 Å². The van der Waals surface area contributed by atoms with E-state index in [9.17, 15) is 18.3 Å². The van der Waals surface area contributed by atoms with E-state index in [4.69, 9.17) is 5.73 Å². The predicted molar refractivity (Wildman–Crippen MR) is 108 cm³/mol. The van der Waals surface area contributed by atoms with Gasteiger partial charge in [0.25, 0.3) is 0 Å². The molecule has 2 fully saturated rings. The lowest BCUT2D eigenvalue weighted by Crippen LogP contribution is -2.38. The first-order valence-corrected chi connectivity index (χ1v) is 10.2. The van der Waals surface area contributed by atoms with E-state index in [0.29, 0.717) is 35.6 Å². The van der Waals surface area contributed by atoms with E-state index in [1.165, 1.54) is 6.20 Å². The van der Waals surface area contributed by atoms with Crippen molar-refractivity contribution in [2.24, 2.45) is 11.8 Å². The monoisotopic (exact) mass is 423 g/mol. The van der Waals surface area contributed by atoms with E-state index in [0.717, 1.165) is 24.8 Å². The fourth-order valence-corrected chi connectivity index (χ4v) is 4.78. The number of aliphatic hydroxyl groups is 1. The van der Waals surface area contributed by atoms with Crippen LogP contribution in [-0.4, -0.2) is 50.0 Å². The van der Waals surface area contributed by atoms with Crippen LogP contribution < -0.4 is 5.73 Å². The molecule has 0 spiro atoms. The highest BCUT2D eigenvalue weighted by atomic mass is 19.4. The van der Waals surface area contributed by atoms with Crippen LogP contribution in [0, 0.1) is 11.8 Å². The predicted octanol–water partition coefficient (Wildman–Crippen LogP) is 3.54. The largest absolute Gasteiger partial charge is 0.419 e. The van der Waals surface area contributed by atoms with Gasteiger partial charge in [-0.3, -0.25) is 9.58 Å². The van der Waals surface area contributed by atoms with E-state index < -0.39 is 23.2 Å². The number of likely N-dealkylation sites (tertiary alicyclic amines) is 1. The second kappa shape index (κ2) is 6.95. The lowest BCUT2D eigenvalue weighted by molar-refractivity contribution is -0.137. The number of hydrogen-bond donors (Lipinski definition) is 2. The number of halogens is 3. The van der Waals surface area contributed by atoms with Gasteiger partial charge in [0.1, 0.15) is 5.82 Å². The average Bonchev–Trinajstić information content (AvgIpc) is 2.95. The lowest BCUT2D eigenvalue weighted by Gasteiger charge is -2.27. The summed E-state index contributed by atoms with van der Waals surface area (Å²) in [5, 5.41) is 14.7. The molecule has 0 amide bonds. The van der Waals surface area contributed by atoms with Crippen LogP contribution in [0.15, 0.2) is 18.3 Å². The SMILES string of the molecule is CC(C)n1nc(-c2cnc(N)c(C(F)(F)F)c2)cc1C1[C@H]2CN(CC(C)(C)O)C[C@@H]12. The summed E-state index contributed by atoms with van der Waals surface area (Å²) in [6.07, 6.45) is -3.21. The number of aromatic nitrogens is 3. The minimum Gasteiger partial charge on any atom is -0.389 e. The first-order chi connectivity index (χ1) is 13.8. The molecule has 164 valence electrons. The minimum atomic E-state index is -4.56. The number of anilines is 1. The molecule has 6 nitrogen and oxygen atoms in total. The van der Waals surface area contributed by atoms with Gasteiger partial charge in [-0.15, -0.1) is 0 Å². The summed E-state index contributed by atoms with van der Waals surface area (Å²) < 4.78 is 41.6. The van der Waals surface area contributed by atoms with E-state index in [-0.39, 0.29) is 6.04 Å². The lowest BCUT2D eigenvalue weighted by atomic mass is 10.1. The molecule has 1 saturated carbocycles. The van der Waals surface area contributed by atoms with Crippen LogP contribution in [0.25, 0.3) is 11.3 Å². The van der Waals surface area contributed by atoms with Crippen LogP contribution in [0.2, 0.25) is 0 Å². The van der Waals surface area contributed by atoms with Crippen molar-refractivity contribution in [1.82, 2.24) is 19.7 Å². The number of nitrogen functional groups attached to an aromatic ring is 1. The van der Waals surface area contributed by atoms with Gasteiger partial charge < -0.3 is 10.8 Å². The van der Waals surface area contributed by atoms with Crippen molar-refractivity contribution in [2.75, 3.05) is 25.4 Å². The molecule has 1 saturated heterocycles. The average molecular weight is 423 g/mol. The van der Waals surface area contributed by atoms with Crippen LogP contribution in [-0.2, 0) is 6.18 Å². The van der Waals surface area contributed by atoms with E-state index in [2.05, 4.69) is 15.0 Å². The summed E-state index contributed by atoms with van der Waals surface area (Å²) >= 11 is 0. The quantitative estimate of drug-likeness (QED) is 0.769. The third kappa shape index (κ3) is 3.92. The van der Waals surface area contributed by atoms with Gasteiger partial charge in [0.05, 0.1) is 16.9 Å². The Morgan fingerprint density at radius 1 is 1.20 bits per heavy atom. The standard InChI is InChI=1S/C21H28F3N5O/c1-11(2)29-17(18-13-8-28(9-14(13)18)10-20(3,4)30)6-16(27-29)12-5-15(21(22,23)24)19(25)26-7-12/h5-7,11,13-14,18,30H,8-10H2,1-4H3,(H2,25,26)/t13-,14+,18?. The Kier molecular flexibility index (Phi) is 4.89. The molecule has 1 unspecified atom stereocenters. The molecule has 1 aliphatic heterocycles. The number of hydrogen-bond acceptors (Lipinski definition) is 5. The van der Waals surface area contributed by atoms with Crippen LogP contribution in [0.3, 0.4) is 0 Å². The van der Waals surface area contributed by atoms with Gasteiger partial charge >= 0.3 is 6.18 Å². The maximum Gasteiger partial charge on any atom is 0.419 e. The molecule has 2 aromatic rings. The first-order valence-electron chi connectivity index (χ1n) is 10.2. The normalized spacial score (nSPS) is 24.5. The Bertz CT molecular complexity index is 935. The molecule has 30 heavy (non-hydrogen) atoms. The van der Waals surface area contributed by atoms with Gasteiger partial charge in [0, 0.05) is 49.0 Å². The molecule has 2 aromatic heterocycles. The molecule has 0 aromatic carbocycles. The van der Waals surface area contributed by atoms with E-state index in [1.54, 1.807) is 0 Å². The smallest absolute Gasteiger partial charge is 0.389 e. The van der Waals surface area contributed by atoms with Crippen molar-refractivity contribution >= 4 is 5.82 Å². The molecular formula is C21H28F3N5O. The fourth-order valence-electron chi connectivity index (χ4n) is 4.78. The Hall–Kier alpha value is -2.13. The highest BCUT2D eigenvalue weighted by molar-refractivity contribution is 5.63. The summed E-state index contributed by atoms with van der Waals surface area (Å²) in [5.74, 6) is 0.795. The Labute approximate surface area is 173 Å². The fraction of sp³-hybridized carbons (Fsp3) is 0.619. The van der Waals surface area contributed by atoms with E-state index >= 15 is 0 Å². The number of pyridine rings is 1. The molecule has 0 bridgehead atoms. The molecular weight excluding hydrogens is 395 g/mol. The molecule has 4 rings (SSSR count). The molecule has 3 heterocycles. The number of rotatable bonds is 5. The van der Waals surface area contributed by atoms with Gasteiger partial charge in [-0.05, 0) is 51.7 Å². The number of piperidine rings is 1. The minimum absolute atomic E-state index is 0.0892. The summed E-state index contributed by atoms with van der Waals surface area (Å²) in [6.45, 7) is 10.1. The van der Waals surface area contributed by atoms with Crippen LogP contribution in [0.4, 0.5) is 19.0 Å². The molecule has 3 atom stereocenters. The summed E-state index contributed by atoms with van der Waals surface area (Å²) in [5.41, 5.74) is 5.62. The second-order valence-corrected chi connectivity index (χ2v) is 9.51. The number of alkyl halides is 3. The van der Waals surface area contributed by atoms with Gasteiger partial charge in [0.15, 0.2) is 0 Å². The summed E-state index contributed by atoms with van der Waals surface area (Å²) in [4.78, 5) is 6.03. The molecule has 1 aliphatic carbocycles. The molecule has 2 aliphatic rings. The van der Waals surface area contributed by atoms with Crippen molar-refractivity contribution in [1.29, 1.82) is 0 Å². The molecule has 3 N–H and O–H groups in total. The van der Waals surface area contributed by atoms with E-state index in [1.807, 2.05) is 38.4 Å². The Morgan fingerprint density at radius 2 is 1.83 bits per heavy atom. The summed E-state index contributed by atoms with van der Waals surface area (Å²) in [7, 11) is 0. The number of fused-ring (bicyclic) bond motifs is 1. The number of β-amino-alcohol motifs (C(OH)–C–C–N with tert-alkyl or cyclic N) is 1. The zero-order chi connectivity index (χ0) is 22.0. The summed E-state index contributed by atoms with van der Waals surface area (Å²) in [6, 6.07) is 3.01. The van der Waals surface area contributed by atoms with Crippen LogP contribution in [0.5, 0.6) is 0 Å². The number of nitrogens with two attached hydrogens (primary N) is 1. The third-order valence-corrected chi connectivity index (χ3v) is 6.00. The van der Waals surface area contributed by atoms with Gasteiger partial charge in [-0.25, -0.2) is 4.98 Å². The Morgan fingerprint density at radius 3 is 2.37 bits per heavy atom. The van der Waals surface area contributed by atoms with Crippen molar-refractivity contribution in [3.8, 4) is 11.3 Å². The van der Waals surface area contributed by atoms with Gasteiger partial charge in [-0.2, -0.15) is 18.3 Å². The third-order valence-electron chi connectivity index (χ3n) is 6.00. The zero-order valence-electron chi connectivity index (χ0n) is 17.6. The maximum atomic E-state index is 13.2. The van der Waals surface area contributed by atoms with Gasteiger partial charge in [-0.1, -0.05) is 0 Å². The van der Waals surface area contributed by atoms with Gasteiger partial charge in [0.2, 0.25) is 0 Å². The first kappa shape index (κ1) is 21.1. The number of nitrogens with zero attached hydrogens (tertiary/aromatic N) is 4. The highest BCUT2D eigenvalue weighted by Gasteiger charge is 2.57. The second-order valence-electron chi connectivity index (χ2n) is 9.51. The van der Waals surface area contributed by atoms with Crippen LogP contribution >= 0.6 is 0 Å². The van der Waals surface area contributed by atoms with Crippen molar-refractivity contribution in [3.05, 3.63) is 29.6 Å². The zero-order valence-corrected chi connectivity index (χ0v) is 17.6. The van der Waals surface area contributed by atoms with Crippen LogP contribution in [0.1, 0.15) is 50.9 Å². The molecule has 0 radical (unpaired) electrons. The molecule has 9 heteroatoms. The van der Waals surface area contributed by atoms with Crippen molar-refractivity contribution < 1.29 is 18.3 Å². The highest BCUT2D eigenvalue weighted by Crippen LogP contribution is 2.58. The topological polar surface area (TPSA) is 80.2 Å². The Balaban J connectivity index is 1.60. The van der Waals surface area contributed by atoms with Crippen molar-refractivity contribution in [3.63, 3.8) is 0 Å². The maximum absolute atomic E-state index is 13.2.